The minimum atomic E-state index is -0.258. The van der Waals surface area contributed by atoms with E-state index in [1.54, 1.807) is 30.3 Å². The van der Waals surface area contributed by atoms with E-state index in [1.807, 2.05) is 42.5 Å². The Bertz CT molecular complexity index is 777. The first kappa shape index (κ1) is 13.8. The van der Waals surface area contributed by atoms with Gasteiger partial charge >= 0.3 is 0 Å². The number of hydrogen-bond donors (Lipinski definition) is 1. The SMILES string of the molecule is O=C(N/N=C/c1ccc(-c2ccccc2)o1)c1ccccc1. The van der Waals surface area contributed by atoms with E-state index in [-0.39, 0.29) is 5.91 Å². The average molecular weight is 290 g/mol. The fraction of sp³-hybridized carbons (Fsp3) is 0. The zero-order valence-corrected chi connectivity index (χ0v) is 11.8. The second-order valence-electron chi connectivity index (χ2n) is 4.63. The Hall–Kier alpha value is -3.14. The molecule has 1 aromatic heterocycles. The number of nitrogens with zero attached hydrogens (tertiary/aromatic N) is 1. The molecule has 3 aromatic rings. The van der Waals surface area contributed by atoms with E-state index in [0.717, 1.165) is 11.3 Å². The van der Waals surface area contributed by atoms with Gasteiger partial charge in [-0.2, -0.15) is 5.10 Å². The fourth-order valence-corrected chi connectivity index (χ4v) is 1.99. The maximum absolute atomic E-state index is 11.8. The Kier molecular flexibility index (Phi) is 4.11. The summed E-state index contributed by atoms with van der Waals surface area (Å²) < 4.78 is 5.66. The lowest BCUT2D eigenvalue weighted by Crippen LogP contribution is -2.17. The molecule has 22 heavy (non-hydrogen) atoms. The predicted molar refractivity (Wildman–Crippen MR) is 85.6 cm³/mol. The molecule has 0 aliphatic rings. The number of hydrogen-bond acceptors (Lipinski definition) is 3. The van der Waals surface area contributed by atoms with Crippen LogP contribution in [0.25, 0.3) is 11.3 Å². The highest BCUT2D eigenvalue weighted by Gasteiger charge is 2.04. The largest absolute Gasteiger partial charge is 0.455 e. The van der Waals surface area contributed by atoms with E-state index in [2.05, 4.69) is 10.5 Å². The Morgan fingerprint density at radius 1 is 0.909 bits per heavy atom. The van der Waals surface area contributed by atoms with Crippen LogP contribution in [-0.2, 0) is 0 Å². The summed E-state index contributed by atoms with van der Waals surface area (Å²) in [5.74, 6) is 1.08. The molecule has 0 spiro atoms. The molecular weight excluding hydrogens is 276 g/mol. The molecule has 3 rings (SSSR count). The zero-order chi connectivity index (χ0) is 15.2. The highest BCUT2D eigenvalue weighted by atomic mass is 16.3. The normalized spacial score (nSPS) is 10.7. The van der Waals surface area contributed by atoms with Crippen molar-refractivity contribution in [3.05, 3.63) is 84.1 Å². The van der Waals surface area contributed by atoms with Gasteiger partial charge in [0.2, 0.25) is 0 Å². The van der Waals surface area contributed by atoms with Crippen molar-refractivity contribution in [3.8, 4) is 11.3 Å². The predicted octanol–water partition coefficient (Wildman–Crippen LogP) is 3.71. The summed E-state index contributed by atoms with van der Waals surface area (Å²) in [5, 5.41) is 3.91. The van der Waals surface area contributed by atoms with Gasteiger partial charge in [-0.25, -0.2) is 5.43 Å². The number of furan rings is 1. The van der Waals surface area contributed by atoms with Crippen molar-refractivity contribution in [3.63, 3.8) is 0 Å². The van der Waals surface area contributed by atoms with Gasteiger partial charge in [-0.1, -0.05) is 48.5 Å². The first-order chi connectivity index (χ1) is 10.8. The van der Waals surface area contributed by atoms with Crippen molar-refractivity contribution in [1.82, 2.24) is 5.43 Å². The lowest BCUT2D eigenvalue weighted by atomic mass is 10.2. The van der Waals surface area contributed by atoms with Gasteiger partial charge in [-0.15, -0.1) is 0 Å². The number of benzene rings is 2. The summed E-state index contributed by atoms with van der Waals surface area (Å²) in [5.41, 5.74) is 4.02. The Morgan fingerprint density at radius 2 is 1.59 bits per heavy atom. The minimum Gasteiger partial charge on any atom is -0.455 e. The average Bonchev–Trinajstić information content (AvgIpc) is 3.05. The molecule has 1 heterocycles. The molecular formula is C18H14N2O2. The van der Waals surface area contributed by atoms with Crippen LogP contribution < -0.4 is 5.43 Å². The summed E-state index contributed by atoms with van der Waals surface area (Å²) in [6, 6.07) is 22.4. The van der Waals surface area contributed by atoms with Crippen LogP contribution in [0.2, 0.25) is 0 Å². The molecule has 0 bridgehead atoms. The van der Waals surface area contributed by atoms with Crippen LogP contribution in [0.3, 0.4) is 0 Å². The number of hydrazone groups is 1. The van der Waals surface area contributed by atoms with E-state index in [9.17, 15) is 4.79 Å². The van der Waals surface area contributed by atoms with Crippen LogP contribution in [-0.4, -0.2) is 12.1 Å². The maximum Gasteiger partial charge on any atom is 0.271 e. The molecule has 0 saturated heterocycles. The third kappa shape index (κ3) is 3.30. The first-order valence-electron chi connectivity index (χ1n) is 6.86. The van der Waals surface area contributed by atoms with E-state index in [1.165, 1.54) is 6.21 Å². The van der Waals surface area contributed by atoms with Gasteiger partial charge in [-0.05, 0) is 24.3 Å². The Labute approximate surface area is 128 Å². The van der Waals surface area contributed by atoms with Gasteiger partial charge in [0.15, 0.2) is 0 Å². The molecule has 0 fully saturated rings. The molecule has 4 heteroatoms. The van der Waals surface area contributed by atoms with E-state index in [4.69, 9.17) is 4.42 Å². The molecule has 0 radical (unpaired) electrons. The summed E-state index contributed by atoms with van der Waals surface area (Å²) in [6.07, 6.45) is 1.48. The second-order valence-corrected chi connectivity index (χ2v) is 4.63. The van der Waals surface area contributed by atoms with Crippen molar-refractivity contribution in [2.24, 2.45) is 5.10 Å². The molecule has 1 N–H and O–H groups in total. The number of carbonyl (C=O) groups is 1. The van der Waals surface area contributed by atoms with Gasteiger partial charge in [0.1, 0.15) is 11.5 Å². The summed E-state index contributed by atoms with van der Waals surface area (Å²) >= 11 is 0. The molecule has 0 atom stereocenters. The van der Waals surface area contributed by atoms with Crippen LogP contribution in [0, 0.1) is 0 Å². The van der Waals surface area contributed by atoms with Crippen LogP contribution in [0.4, 0.5) is 0 Å². The molecule has 0 unspecified atom stereocenters. The number of carbonyl (C=O) groups excluding carboxylic acids is 1. The number of amides is 1. The minimum absolute atomic E-state index is 0.258. The monoisotopic (exact) mass is 290 g/mol. The molecule has 0 saturated carbocycles. The number of rotatable bonds is 4. The smallest absolute Gasteiger partial charge is 0.271 e. The van der Waals surface area contributed by atoms with Crippen LogP contribution in [0.5, 0.6) is 0 Å². The lowest BCUT2D eigenvalue weighted by Gasteiger charge is -1.98. The van der Waals surface area contributed by atoms with Crippen LogP contribution >= 0.6 is 0 Å². The fourth-order valence-electron chi connectivity index (χ4n) is 1.99. The van der Waals surface area contributed by atoms with Crippen LogP contribution in [0.1, 0.15) is 16.1 Å². The summed E-state index contributed by atoms with van der Waals surface area (Å²) in [7, 11) is 0. The van der Waals surface area contributed by atoms with E-state index in [0.29, 0.717) is 11.3 Å². The molecule has 1 amide bonds. The van der Waals surface area contributed by atoms with E-state index < -0.39 is 0 Å². The number of nitrogens with one attached hydrogen (secondary N) is 1. The summed E-state index contributed by atoms with van der Waals surface area (Å²) in [4.78, 5) is 11.8. The lowest BCUT2D eigenvalue weighted by molar-refractivity contribution is 0.0955. The zero-order valence-electron chi connectivity index (χ0n) is 11.8. The quantitative estimate of drug-likeness (QED) is 0.588. The highest BCUT2D eigenvalue weighted by molar-refractivity contribution is 5.94. The topological polar surface area (TPSA) is 54.6 Å². The second kappa shape index (κ2) is 6.54. The van der Waals surface area contributed by atoms with Gasteiger partial charge in [-0.3, -0.25) is 4.79 Å². The highest BCUT2D eigenvalue weighted by Crippen LogP contribution is 2.20. The van der Waals surface area contributed by atoms with Crippen molar-refractivity contribution in [2.75, 3.05) is 0 Å². The van der Waals surface area contributed by atoms with Crippen molar-refractivity contribution < 1.29 is 9.21 Å². The van der Waals surface area contributed by atoms with Crippen molar-refractivity contribution >= 4 is 12.1 Å². The van der Waals surface area contributed by atoms with Crippen molar-refractivity contribution in [2.45, 2.75) is 0 Å². The summed E-state index contributed by atoms with van der Waals surface area (Å²) in [6.45, 7) is 0. The molecule has 0 aliphatic heterocycles. The molecule has 4 nitrogen and oxygen atoms in total. The molecule has 108 valence electrons. The third-order valence-corrected chi connectivity index (χ3v) is 3.08. The molecule has 2 aromatic carbocycles. The van der Waals surface area contributed by atoms with Crippen molar-refractivity contribution in [1.29, 1.82) is 0 Å². The van der Waals surface area contributed by atoms with Gasteiger partial charge in [0, 0.05) is 11.1 Å². The first-order valence-corrected chi connectivity index (χ1v) is 6.86. The standard InChI is InChI=1S/C18H14N2O2/c21-18(15-9-5-2-6-10-15)20-19-13-16-11-12-17(22-16)14-7-3-1-4-8-14/h1-13H,(H,20,21)/b19-13+. The van der Waals surface area contributed by atoms with Gasteiger partial charge < -0.3 is 4.42 Å². The maximum atomic E-state index is 11.8. The van der Waals surface area contributed by atoms with Crippen LogP contribution in [0.15, 0.2) is 82.3 Å². The van der Waals surface area contributed by atoms with Gasteiger partial charge in [0.05, 0.1) is 6.21 Å². The molecule has 0 aliphatic carbocycles. The Balaban J connectivity index is 1.64. The third-order valence-electron chi connectivity index (χ3n) is 3.08. The van der Waals surface area contributed by atoms with Gasteiger partial charge in [0.25, 0.3) is 5.91 Å². The Morgan fingerprint density at radius 3 is 2.32 bits per heavy atom. The van der Waals surface area contributed by atoms with E-state index >= 15 is 0 Å².